The minimum absolute atomic E-state index is 0.0168. The fourth-order valence-electron chi connectivity index (χ4n) is 2.91. The van der Waals surface area contributed by atoms with Crippen molar-refractivity contribution < 1.29 is 13.9 Å². The van der Waals surface area contributed by atoms with E-state index in [0.717, 1.165) is 12.1 Å². The molecule has 8 nitrogen and oxygen atoms in total. The van der Waals surface area contributed by atoms with E-state index in [-0.39, 0.29) is 6.61 Å². The fourth-order valence-corrected chi connectivity index (χ4v) is 2.91. The average molecular weight is 397 g/mol. The lowest BCUT2D eigenvalue weighted by molar-refractivity contribution is 0.311. The van der Waals surface area contributed by atoms with Crippen LogP contribution in [0.5, 0.6) is 0 Å². The Bertz CT molecular complexity index is 1160. The van der Waals surface area contributed by atoms with E-state index in [0.29, 0.717) is 46.5 Å². The highest BCUT2D eigenvalue weighted by Crippen LogP contribution is 2.23. The number of imidazole rings is 1. The number of hydrogen-bond acceptors (Lipinski definition) is 7. The van der Waals surface area contributed by atoms with Gasteiger partial charge in [0.15, 0.2) is 23.3 Å². The molecule has 0 amide bonds. The lowest BCUT2D eigenvalue weighted by Crippen LogP contribution is -2.07. The first-order valence-corrected chi connectivity index (χ1v) is 8.79. The van der Waals surface area contributed by atoms with Crippen molar-refractivity contribution in [3.8, 4) is 5.82 Å². The van der Waals surface area contributed by atoms with Gasteiger partial charge in [-0.2, -0.15) is 0 Å². The number of benzene rings is 1. The minimum Gasteiger partial charge on any atom is -0.395 e. The number of aliphatic hydroxyl groups is 1. The van der Waals surface area contributed by atoms with Gasteiger partial charge in [0.25, 0.3) is 0 Å². The molecule has 148 valence electrons. The van der Waals surface area contributed by atoms with Crippen LogP contribution in [-0.2, 0) is 0 Å². The van der Waals surface area contributed by atoms with Gasteiger partial charge >= 0.3 is 0 Å². The predicted octanol–water partition coefficient (Wildman–Crippen LogP) is 2.94. The standard InChI is InChI=1S/C19H17F2N7O/c1-11-25-15-6-13(20)14(21)7-16(15)28(11)19-10-22-9-18(27-19)26-12-2-3-17(24-8-12)23-4-5-29/h2-3,6-10,29H,4-5H2,1H3,(H,23,24)(H,26,27). The van der Waals surface area contributed by atoms with Gasteiger partial charge in [0.2, 0.25) is 0 Å². The van der Waals surface area contributed by atoms with Crippen LogP contribution in [0.3, 0.4) is 0 Å². The first-order valence-electron chi connectivity index (χ1n) is 8.79. The summed E-state index contributed by atoms with van der Waals surface area (Å²) in [6.45, 7) is 2.15. The topological polar surface area (TPSA) is 101 Å². The number of hydrogen-bond donors (Lipinski definition) is 3. The maximum absolute atomic E-state index is 13.7. The van der Waals surface area contributed by atoms with E-state index in [1.54, 1.807) is 29.8 Å². The van der Waals surface area contributed by atoms with E-state index in [9.17, 15) is 8.78 Å². The molecule has 0 atom stereocenters. The van der Waals surface area contributed by atoms with Crippen molar-refractivity contribution >= 4 is 28.4 Å². The fraction of sp³-hybridized carbons (Fsp3) is 0.158. The van der Waals surface area contributed by atoms with Gasteiger partial charge in [0.05, 0.1) is 41.9 Å². The molecule has 3 N–H and O–H groups in total. The molecule has 29 heavy (non-hydrogen) atoms. The summed E-state index contributed by atoms with van der Waals surface area (Å²) in [6, 6.07) is 5.72. The van der Waals surface area contributed by atoms with Crippen LogP contribution in [0.25, 0.3) is 16.9 Å². The van der Waals surface area contributed by atoms with Gasteiger partial charge < -0.3 is 15.7 Å². The number of aliphatic hydroxyl groups excluding tert-OH is 1. The van der Waals surface area contributed by atoms with Gasteiger partial charge in [-0.1, -0.05) is 0 Å². The molecule has 4 rings (SSSR count). The summed E-state index contributed by atoms with van der Waals surface area (Å²) < 4.78 is 28.9. The van der Waals surface area contributed by atoms with Crippen LogP contribution in [0.4, 0.5) is 26.1 Å². The second kappa shape index (κ2) is 7.76. The van der Waals surface area contributed by atoms with Crippen molar-refractivity contribution in [2.45, 2.75) is 6.92 Å². The van der Waals surface area contributed by atoms with Gasteiger partial charge in [-0.25, -0.2) is 23.7 Å². The molecule has 0 unspecified atom stereocenters. The molecule has 0 aliphatic heterocycles. The molecule has 3 aromatic heterocycles. The van der Waals surface area contributed by atoms with Crippen molar-refractivity contribution in [1.29, 1.82) is 0 Å². The van der Waals surface area contributed by atoms with Gasteiger partial charge in [0.1, 0.15) is 11.6 Å². The van der Waals surface area contributed by atoms with Crippen LogP contribution >= 0.6 is 0 Å². The predicted molar refractivity (Wildman–Crippen MR) is 104 cm³/mol. The van der Waals surface area contributed by atoms with Gasteiger partial charge in [-0.3, -0.25) is 9.55 Å². The SMILES string of the molecule is Cc1nc2cc(F)c(F)cc2n1-c1cncc(Nc2ccc(NCCO)nc2)n1. The molecule has 0 saturated carbocycles. The third kappa shape index (κ3) is 3.83. The molecule has 0 fully saturated rings. The highest BCUT2D eigenvalue weighted by molar-refractivity contribution is 5.78. The lowest BCUT2D eigenvalue weighted by Gasteiger charge is -2.10. The largest absolute Gasteiger partial charge is 0.395 e. The van der Waals surface area contributed by atoms with E-state index >= 15 is 0 Å². The van der Waals surface area contributed by atoms with E-state index < -0.39 is 11.6 Å². The second-order valence-corrected chi connectivity index (χ2v) is 6.22. The Morgan fingerprint density at radius 3 is 2.62 bits per heavy atom. The molecule has 4 aromatic rings. The number of aryl methyl sites for hydroxylation is 1. The summed E-state index contributed by atoms with van der Waals surface area (Å²) in [7, 11) is 0. The van der Waals surface area contributed by atoms with Crippen molar-refractivity contribution in [3.05, 3.63) is 60.3 Å². The van der Waals surface area contributed by atoms with Crippen LogP contribution in [0.2, 0.25) is 0 Å². The summed E-state index contributed by atoms with van der Waals surface area (Å²) in [5, 5.41) is 14.9. The monoisotopic (exact) mass is 397 g/mol. The van der Waals surface area contributed by atoms with E-state index in [4.69, 9.17) is 5.11 Å². The Hall–Kier alpha value is -3.66. The molecule has 0 radical (unpaired) electrons. The van der Waals surface area contributed by atoms with E-state index in [2.05, 4.69) is 30.6 Å². The molecule has 0 aliphatic carbocycles. The number of pyridine rings is 1. The van der Waals surface area contributed by atoms with Crippen molar-refractivity contribution in [2.75, 3.05) is 23.8 Å². The summed E-state index contributed by atoms with van der Waals surface area (Å²) in [4.78, 5) is 17.2. The Kier molecular flexibility index (Phi) is 5.00. The molecule has 1 aromatic carbocycles. The van der Waals surface area contributed by atoms with Gasteiger partial charge in [-0.05, 0) is 19.1 Å². The first kappa shape index (κ1) is 18.7. The number of rotatable bonds is 6. The molecule has 0 bridgehead atoms. The molecule has 0 spiro atoms. The highest BCUT2D eigenvalue weighted by Gasteiger charge is 2.15. The maximum Gasteiger partial charge on any atom is 0.161 e. The maximum atomic E-state index is 13.7. The number of anilines is 3. The molecule has 0 aliphatic rings. The zero-order valence-corrected chi connectivity index (χ0v) is 15.4. The van der Waals surface area contributed by atoms with Crippen LogP contribution in [0, 0.1) is 18.6 Å². The summed E-state index contributed by atoms with van der Waals surface area (Å²) >= 11 is 0. The second-order valence-electron chi connectivity index (χ2n) is 6.22. The normalized spacial score (nSPS) is 11.0. The van der Waals surface area contributed by atoms with Crippen LogP contribution < -0.4 is 10.6 Å². The molecular formula is C19H17F2N7O. The number of nitrogens with one attached hydrogen (secondary N) is 2. The zero-order valence-electron chi connectivity index (χ0n) is 15.4. The average Bonchev–Trinajstić information content (AvgIpc) is 3.02. The van der Waals surface area contributed by atoms with Gasteiger partial charge in [0, 0.05) is 18.7 Å². The third-order valence-electron chi connectivity index (χ3n) is 4.17. The molecule has 10 heteroatoms. The summed E-state index contributed by atoms with van der Waals surface area (Å²) in [5.41, 5.74) is 1.41. The Labute approximate surface area is 164 Å². The Balaban J connectivity index is 1.63. The van der Waals surface area contributed by atoms with Crippen LogP contribution in [0.1, 0.15) is 5.82 Å². The quantitative estimate of drug-likeness (QED) is 0.460. The number of aromatic nitrogens is 5. The van der Waals surface area contributed by atoms with Crippen molar-refractivity contribution in [3.63, 3.8) is 0 Å². The Morgan fingerprint density at radius 1 is 1.03 bits per heavy atom. The molecule has 0 saturated heterocycles. The number of fused-ring (bicyclic) bond motifs is 1. The van der Waals surface area contributed by atoms with E-state index in [1.807, 2.05) is 0 Å². The number of halogens is 2. The third-order valence-corrected chi connectivity index (χ3v) is 4.17. The summed E-state index contributed by atoms with van der Waals surface area (Å²) in [6.07, 6.45) is 4.67. The van der Waals surface area contributed by atoms with E-state index in [1.165, 1.54) is 12.4 Å². The smallest absolute Gasteiger partial charge is 0.161 e. The minimum atomic E-state index is -0.957. The van der Waals surface area contributed by atoms with Crippen molar-refractivity contribution in [2.24, 2.45) is 0 Å². The van der Waals surface area contributed by atoms with Gasteiger partial charge in [-0.15, -0.1) is 0 Å². The molecular weight excluding hydrogens is 380 g/mol. The molecule has 3 heterocycles. The number of nitrogens with zero attached hydrogens (tertiary/aromatic N) is 5. The lowest BCUT2D eigenvalue weighted by atomic mass is 10.3. The van der Waals surface area contributed by atoms with Crippen molar-refractivity contribution in [1.82, 2.24) is 24.5 Å². The van der Waals surface area contributed by atoms with Crippen LogP contribution in [-0.4, -0.2) is 42.8 Å². The first-order chi connectivity index (χ1) is 14.0. The Morgan fingerprint density at radius 2 is 1.86 bits per heavy atom. The summed E-state index contributed by atoms with van der Waals surface area (Å²) in [5.74, 6) is 0.117. The van der Waals surface area contributed by atoms with Crippen LogP contribution in [0.15, 0.2) is 42.9 Å². The highest BCUT2D eigenvalue weighted by atomic mass is 19.2. The zero-order chi connectivity index (χ0) is 20.4.